The molecule has 0 radical (unpaired) electrons. The minimum absolute atomic E-state index is 0.0241. The molecule has 0 bridgehead atoms. The molecule has 0 amide bonds. The van der Waals surface area contributed by atoms with E-state index in [1.807, 2.05) is 6.07 Å². The quantitative estimate of drug-likeness (QED) is 0.703. The van der Waals surface area contributed by atoms with Gasteiger partial charge in [-0.1, -0.05) is 18.2 Å². The lowest BCUT2D eigenvalue weighted by atomic mass is 9.97. The molecule has 2 N–H and O–H groups in total. The van der Waals surface area contributed by atoms with Crippen molar-refractivity contribution in [3.63, 3.8) is 0 Å². The van der Waals surface area contributed by atoms with E-state index in [0.717, 1.165) is 0 Å². The summed E-state index contributed by atoms with van der Waals surface area (Å²) in [6, 6.07) is 8.96. The van der Waals surface area contributed by atoms with Crippen molar-refractivity contribution >= 4 is 17.1 Å². The maximum Gasteiger partial charge on any atom is 0.357 e. The van der Waals surface area contributed by atoms with Crippen LogP contribution in [0.5, 0.6) is 5.75 Å². The summed E-state index contributed by atoms with van der Waals surface area (Å²) in [7, 11) is 1.50. The number of fused-ring (bicyclic) bond motifs is 1. The van der Waals surface area contributed by atoms with Crippen LogP contribution in [0.25, 0.3) is 22.2 Å². The number of carbonyl (C=O) groups is 1. The van der Waals surface area contributed by atoms with Crippen molar-refractivity contribution in [3.05, 3.63) is 41.1 Å². The number of methoxy groups -OCH3 is 1. The van der Waals surface area contributed by atoms with Crippen LogP contribution in [0.1, 0.15) is 23.0 Å². The Morgan fingerprint density at radius 3 is 2.88 bits per heavy atom. The Labute approximate surface area is 142 Å². The Kier molecular flexibility index (Phi) is 4.22. The Balaban J connectivity index is 2.46. The highest BCUT2D eigenvalue weighted by atomic mass is 16.5. The van der Waals surface area contributed by atoms with E-state index in [9.17, 15) is 10.1 Å². The number of rotatable bonds is 4. The van der Waals surface area contributed by atoms with Crippen molar-refractivity contribution in [1.29, 1.82) is 10.7 Å². The van der Waals surface area contributed by atoms with Gasteiger partial charge in [-0.3, -0.25) is 10.5 Å². The topological polar surface area (TPSA) is 125 Å². The normalized spacial score (nSPS) is 10.4. The molecule has 3 rings (SSSR count). The van der Waals surface area contributed by atoms with E-state index in [4.69, 9.17) is 19.3 Å². The van der Waals surface area contributed by atoms with E-state index in [1.54, 1.807) is 31.2 Å². The first-order chi connectivity index (χ1) is 12.1. The molecular weight excluding hydrogens is 324 g/mol. The standard InChI is InChI=1S/C17H14N4O4/c1-3-24-17(22)14-13-12(9-6-4-5-7-11(9)23-2)10(8-18)15(19)25-16(13)21-20-14/h4-7,19H,3H2,1-2H3,(H,20,21). The van der Waals surface area contributed by atoms with Gasteiger partial charge in [-0.25, -0.2) is 4.79 Å². The molecule has 0 saturated carbocycles. The highest BCUT2D eigenvalue weighted by Gasteiger charge is 2.25. The molecule has 0 atom stereocenters. The van der Waals surface area contributed by atoms with E-state index >= 15 is 0 Å². The van der Waals surface area contributed by atoms with Crippen LogP contribution in [-0.4, -0.2) is 29.9 Å². The number of carbonyl (C=O) groups excluding carboxylic acids is 1. The zero-order valence-corrected chi connectivity index (χ0v) is 13.5. The monoisotopic (exact) mass is 338 g/mol. The van der Waals surface area contributed by atoms with Crippen LogP contribution in [-0.2, 0) is 4.74 Å². The van der Waals surface area contributed by atoms with E-state index < -0.39 is 5.97 Å². The number of hydrogen-bond acceptors (Lipinski definition) is 7. The third kappa shape index (κ3) is 2.61. The second-order valence-electron chi connectivity index (χ2n) is 4.99. The Hall–Kier alpha value is -3.60. The molecule has 25 heavy (non-hydrogen) atoms. The summed E-state index contributed by atoms with van der Waals surface area (Å²) in [5.74, 6) is -0.139. The molecule has 126 valence electrons. The van der Waals surface area contributed by atoms with Gasteiger partial charge in [-0.15, -0.1) is 5.10 Å². The van der Waals surface area contributed by atoms with Crippen LogP contribution in [0, 0.1) is 16.7 Å². The van der Waals surface area contributed by atoms with Crippen LogP contribution in [0.2, 0.25) is 0 Å². The Bertz CT molecular complexity index is 1060. The second-order valence-corrected chi connectivity index (χ2v) is 4.99. The summed E-state index contributed by atoms with van der Waals surface area (Å²) in [4.78, 5) is 12.2. The number of esters is 1. The molecule has 2 heterocycles. The first-order valence-corrected chi connectivity index (χ1v) is 7.42. The number of benzene rings is 1. The predicted octanol–water partition coefficient (Wildman–Crippen LogP) is 2.36. The zero-order chi connectivity index (χ0) is 18.0. The van der Waals surface area contributed by atoms with E-state index in [2.05, 4.69) is 10.2 Å². The lowest BCUT2D eigenvalue weighted by molar-refractivity contribution is 0.0521. The Morgan fingerprint density at radius 1 is 1.44 bits per heavy atom. The molecule has 0 aliphatic carbocycles. The maximum atomic E-state index is 12.2. The lowest BCUT2D eigenvalue weighted by Crippen LogP contribution is -2.10. The van der Waals surface area contributed by atoms with Crippen molar-refractivity contribution in [3.8, 4) is 22.9 Å². The number of nitrogens with zero attached hydrogens (tertiary/aromatic N) is 2. The van der Waals surface area contributed by atoms with E-state index in [0.29, 0.717) is 16.9 Å². The SMILES string of the molecule is CCOC(=O)c1[nH]nc2oc(=N)c(C#N)c(-c3ccccc3OC)c12. The molecule has 3 aromatic rings. The molecule has 8 heteroatoms. The van der Waals surface area contributed by atoms with Crippen molar-refractivity contribution in [2.24, 2.45) is 0 Å². The summed E-state index contributed by atoms with van der Waals surface area (Å²) in [5, 5.41) is 24.3. The molecule has 0 saturated heterocycles. The van der Waals surface area contributed by atoms with Crippen molar-refractivity contribution < 1.29 is 18.7 Å². The van der Waals surface area contributed by atoms with Gasteiger partial charge >= 0.3 is 5.97 Å². The number of nitrogens with one attached hydrogen (secondary N) is 2. The van der Waals surface area contributed by atoms with Gasteiger partial charge in [0.05, 0.1) is 19.1 Å². The van der Waals surface area contributed by atoms with Crippen molar-refractivity contribution in [2.75, 3.05) is 13.7 Å². The molecule has 0 aliphatic rings. The molecule has 0 aliphatic heterocycles. The molecule has 2 aromatic heterocycles. The first kappa shape index (κ1) is 16.3. The van der Waals surface area contributed by atoms with Crippen LogP contribution in [0.4, 0.5) is 0 Å². The van der Waals surface area contributed by atoms with Crippen LogP contribution >= 0.6 is 0 Å². The summed E-state index contributed by atoms with van der Waals surface area (Å²) < 4.78 is 15.7. The summed E-state index contributed by atoms with van der Waals surface area (Å²) in [6.45, 7) is 1.87. The fourth-order valence-electron chi connectivity index (χ4n) is 2.60. The van der Waals surface area contributed by atoms with Crippen molar-refractivity contribution in [2.45, 2.75) is 6.92 Å². The minimum Gasteiger partial charge on any atom is -0.496 e. The lowest BCUT2D eigenvalue weighted by Gasteiger charge is -2.11. The van der Waals surface area contributed by atoms with Gasteiger partial charge < -0.3 is 13.9 Å². The number of H-pyrrole nitrogens is 1. The number of hydrogen-bond donors (Lipinski definition) is 2. The molecular formula is C17H14N4O4. The van der Waals surface area contributed by atoms with E-state index in [1.165, 1.54) is 7.11 Å². The van der Waals surface area contributed by atoms with Gasteiger partial charge in [0.2, 0.25) is 11.3 Å². The number of aromatic amines is 1. The highest BCUT2D eigenvalue weighted by molar-refractivity contribution is 6.08. The fourth-order valence-corrected chi connectivity index (χ4v) is 2.60. The average Bonchev–Trinajstić information content (AvgIpc) is 3.04. The maximum absolute atomic E-state index is 12.2. The van der Waals surface area contributed by atoms with Gasteiger partial charge in [0.1, 0.15) is 17.4 Å². The zero-order valence-electron chi connectivity index (χ0n) is 13.5. The van der Waals surface area contributed by atoms with Crippen LogP contribution < -0.4 is 10.3 Å². The van der Waals surface area contributed by atoms with Gasteiger partial charge in [-0.2, -0.15) is 5.26 Å². The number of nitriles is 1. The number of aromatic nitrogens is 2. The average molecular weight is 338 g/mol. The number of para-hydroxylation sites is 1. The molecule has 0 spiro atoms. The van der Waals surface area contributed by atoms with Gasteiger partial charge in [0, 0.05) is 11.1 Å². The third-order valence-electron chi connectivity index (χ3n) is 3.63. The first-order valence-electron chi connectivity index (χ1n) is 7.42. The molecule has 1 aromatic carbocycles. The van der Waals surface area contributed by atoms with Crippen molar-refractivity contribution in [1.82, 2.24) is 10.2 Å². The summed E-state index contributed by atoms with van der Waals surface area (Å²) in [5.41, 5.74) is 0.596. The molecule has 0 fully saturated rings. The van der Waals surface area contributed by atoms with E-state index in [-0.39, 0.29) is 34.5 Å². The van der Waals surface area contributed by atoms with Crippen LogP contribution in [0.3, 0.4) is 0 Å². The fraction of sp³-hybridized carbons (Fsp3) is 0.176. The molecule has 0 unspecified atom stereocenters. The van der Waals surface area contributed by atoms with Gasteiger partial charge in [0.15, 0.2) is 5.69 Å². The number of ether oxygens (including phenoxy) is 2. The second kappa shape index (κ2) is 6.49. The largest absolute Gasteiger partial charge is 0.496 e. The summed E-state index contributed by atoms with van der Waals surface area (Å²) in [6.07, 6.45) is 0. The minimum atomic E-state index is -0.627. The van der Waals surface area contributed by atoms with Gasteiger partial charge in [-0.05, 0) is 13.0 Å². The predicted molar refractivity (Wildman–Crippen MR) is 86.9 cm³/mol. The third-order valence-corrected chi connectivity index (χ3v) is 3.63. The van der Waals surface area contributed by atoms with Gasteiger partial charge in [0.25, 0.3) is 0 Å². The molecule has 8 nitrogen and oxygen atoms in total. The van der Waals surface area contributed by atoms with Crippen LogP contribution in [0.15, 0.2) is 28.7 Å². The Morgan fingerprint density at radius 2 is 2.20 bits per heavy atom. The smallest absolute Gasteiger partial charge is 0.357 e. The highest BCUT2D eigenvalue weighted by Crippen LogP contribution is 2.37. The summed E-state index contributed by atoms with van der Waals surface area (Å²) >= 11 is 0.